The topological polar surface area (TPSA) is 78.4 Å². The van der Waals surface area contributed by atoms with Crippen molar-refractivity contribution < 1.29 is 14.7 Å². The Morgan fingerprint density at radius 1 is 1.71 bits per heavy atom. The zero-order valence-corrected chi connectivity index (χ0v) is 8.25. The van der Waals surface area contributed by atoms with E-state index in [1.54, 1.807) is 6.92 Å². The number of amides is 1. The molecule has 3 N–H and O–H groups in total. The lowest BCUT2D eigenvalue weighted by molar-refractivity contribution is -0.139. The highest BCUT2D eigenvalue weighted by molar-refractivity contribution is 5.77. The average Bonchev–Trinajstić information content (AvgIpc) is 2.29. The molecule has 1 amide bonds. The predicted octanol–water partition coefficient (Wildman–Crippen LogP) is -0.282. The first-order valence-corrected chi connectivity index (χ1v) is 4.85. The molecule has 1 heterocycles. The third kappa shape index (κ3) is 3.33. The van der Waals surface area contributed by atoms with E-state index in [-0.39, 0.29) is 11.9 Å². The fraction of sp³-hybridized carbons (Fsp3) is 0.778. The van der Waals surface area contributed by atoms with Gasteiger partial charge in [-0.3, -0.25) is 9.59 Å². The van der Waals surface area contributed by atoms with Gasteiger partial charge in [-0.2, -0.15) is 0 Å². The van der Waals surface area contributed by atoms with E-state index in [0.717, 1.165) is 12.8 Å². The van der Waals surface area contributed by atoms with Crippen LogP contribution < -0.4 is 10.6 Å². The molecular formula is C9H16N2O3. The summed E-state index contributed by atoms with van der Waals surface area (Å²) in [5.74, 6) is -0.882. The van der Waals surface area contributed by atoms with Gasteiger partial charge in [0, 0.05) is 19.0 Å². The van der Waals surface area contributed by atoms with Crippen molar-refractivity contribution >= 4 is 11.9 Å². The van der Waals surface area contributed by atoms with Crippen molar-refractivity contribution in [3.05, 3.63) is 0 Å². The van der Waals surface area contributed by atoms with E-state index in [4.69, 9.17) is 5.11 Å². The number of hydrogen-bond donors (Lipinski definition) is 3. The first-order valence-electron chi connectivity index (χ1n) is 4.85. The predicted molar refractivity (Wildman–Crippen MR) is 50.9 cm³/mol. The minimum atomic E-state index is -0.880. The molecule has 2 unspecified atom stereocenters. The van der Waals surface area contributed by atoms with Gasteiger partial charge >= 0.3 is 5.97 Å². The maximum Gasteiger partial charge on any atom is 0.320 e. The van der Waals surface area contributed by atoms with Crippen LogP contribution in [0, 0.1) is 0 Å². The fourth-order valence-electron chi connectivity index (χ4n) is 1.54. The monoisotopic (exact) mass is 200 g/mol. The van der Waals surface area contributed by atoms with Gasteiger partial charge in [0.15, 0.2) is 0 Å². The molecule has 1 saturated heterocycles. The van der Waals surface area contributed by atoms with Crippen LogP contribution in [-0.4, -0.2) is 35.6 Å². The summed E-state index contributed by atoms with van der Waals surface area (Å²) >= 11 is 0. The van der Waals surface area contributed by atoms with Crippen LogP contribution in [0.1, 0.15) is 26.2 Å². The minimum Gasteiger partial charge on any atom is -0.480 e. The Balaban J connectivity index is 2.42. The molecule has 2 atom stereocenters. The second-order valence-electron chi connectivity index (χ2n) is 3.62. The lowest BCUT2D eigenvalue weighted by atomic mass is 10.1. The molecule has 0 aromatic carbocycles. The summed E-state index contributed by atoms with van der Waals surface area (Å²) in [6, 6.07) is -0.602. The second kappa shape index (κ2) is 4.95. The molecule has 0 saturated carbocycles. The first-order chi connectivity index (χ1) is 6.59. The molecule has 0 aromatic rings. The zero-order chi connectivity index (χ0) is 10.6. The van der Waals surface area contributed by atoms with Crippen molar-refractivity contribution in [2.24, 2.45) is 0 Å². The van der Waals surface area contributed by atoms with Crippen LogP contribution in [0.25, 0.3) is 0 Å². The first kappa shape index (κ1) is 11.0. The normalized spacial score (nSPS) is 24.9. The summed E-state index contributed by atoms with van der Waals surface area (Å²) in [5.41, 5.74) is 0. The molecule has 0 spiro atoms. The van der Waals surface area contributed by atoms with Gasteiger partial charge in [-0.15, -0.1) is 0 Å². The summed E-state index contributed by atoms with van der Waals surface area (Å²) in [5, 5.41) is 14.4. The Kier molecular flexibility index (Phi) is 3.88. The molecular weight excluding hydrogens is 184 g/mol. The van der Waals surface area contributed by atoms with Crippen molar-refractivity contribution in [3.63, 3.8) is 0 Å². The van der Waals surface area contributed by atoms with Crippen LogP contribution in [0.4, 0.5) is 0 Å². The number of carbonyl (C=O) groups excluding carboxylic acids is 1. The summed E-state index contributed by atoms with van der Waals surface area (Å²) in [6.45, 7) is 2.28. The largest absolute Gasteiger partial charge is 0.480 e. The van der Waals surface area contributed by atoms with Crippen LogP contribution in [0.3, 0.4) is 0 Å². The summed E-state index contributed by atoms with van der Waals surface area (Å²) in [4.78, 5) is 21.7. The van der Waals surface area contributed by atoms with Gasteiger partial charge in [0.05, 0.1) is 0 Å². The maximum atomic E-state index is 11.1. The molecule has 0 aliphatic carbocycles. The molecule has 14 heavy (non-hydrogen) atoms. The number of rotatable bonds is 3. The van der Waals surface area contributed by atoms with E-state index in [0.29, 0.717) is 13.0 Å². The maximum absolute atomic E-state index is 11.1. The highest BCUT2D eigenvalue weighted by Gasteiger charge is 2.21. The molecule has 1 rings (SSSR count). The van der Waals surface area contributed by atoms with E-state index in [9.17, 15) is 9.59 Å². The van der Waals surface area contributed by atoms with Gasteiger partial charge in [-0.05, 0) is 19.8 Å². The number of carboxylic acid groups (broad SMARTS) is 1. The average molecular weight is 200 g/mol. The molecule has 1 aliphatic rings. The molecule has 0 aromatic heterocycles. The number of carbonyl (C=O) groups is 2. The van der Waals surface area contributed by atoms with Crippen molar-refractivity contribution in [1.29, 1.82) is 0 Å². The summed E-state index contributed by atoms with van der Waals surface area (Å²) in [7, 11) is 0. The lowest BCUT2D eigenvalue weighted by Gasteiger charge is -2.17. The van der Waals surface area contributed by atoms with Crippen LogP contribution >= 0.6 is 0 Å². The van der Waals surface area contributed by atoms with Crippen molar-refractivity contribution in [1.82, 2.24) is 10.6 Å². The Morgan fingerprint density at radius 3 is 3.07 bits per heavy atom. The quantitative estimate of drug-likeness (QED) is 0.585. The second-order valence-corrected chi connectivity index (χ2v) is 3.62. The Bertz CT molecular complexity index is 230. The number of aliphatic carboxylic acids is 1. The van der Waals surface area contributed by atoms with E-state index < -0.39 is 12.0 Å². The SMILES string of the molecule is CC(NC1CCCNC(=O)C1)C(=O)O. The molecule has 1 fully saturated rings. The van der Waals surface area contributed by atoms with Crippen LogP contribution in [0.2, 0.25) is 0 Å². The third-order valence-corrected chi connectivity index (χ3v) is 2.34. The number of hydrogen-bond acceptors (Lipinski definition) is 3. The third-order valence-electron chi connectivity index (χ3n) is 2.34. The number of carboxylic acids is 1. The lowest BCUT2D eigenvalue weighted by Crippen LogP contribution is -2.42. The van der Waals surface area contributed by atoms with Crippen molar-refractivity contribution in [3.8, 4) is 0 Å². The molecule has 0 bridgehead atoms. The van der Waals surface area contributed by atoms with Gasteiger partial charge in [-0.1, -0.05) is 0 Å². The van der Waals surface area contributed by atoms with Crippen LogP contribution in [0.15, 0.2) is 0 Å². The molecule has 5 nitrogen and oxygen atoms in total. The standard InChI is InChI=1S/C9H16N2O3/c1-6(9(13)14)11-7-3-2-4-10-8(12)5-7/h6-7,11H,2-5H2,1H3,(H,10,12)(H,13,14). The van der Waals surface area contributed by atoms with Gasteiger partial charge < -0.3 is 15.7 Å². The van der Waals surface area contributed by atoms with Crippen LogP contribution in [-0.2, 0) is 9.59 Å². The Hall–Kier alpha value is -1.10. The van der Waals surface area contributed by atoms with Crippen LogP contribution in [0.5, 0.6) is 0 Å². The smallest absolute Gasteiger partial charge is 0.320 e. The van der Waals surface area contributed by atoms with Crippen molar-refractivity contribution in [2.75, 3.05) is 6.54 Å². The molecule has 80 valence electrons. The van der Waals surface area contributed by atoms with E-state index in [1.165, 1.54) is 0 Å². The van der Waals surface area contributed by atoms with E-state index >= 15 is 0 Å². The van der Waals surface area contributed by atoms with Gasteiger partial charge in [0.2, 0.25) is 5.91 Å². The van der Waals surface area contributed by atoms with Crippen molar-refractivity contribution in [2.45, 2.75) is 38.3 Å². The summed E-state index contributed by atoms with van der Waals surface area (Å²) < 4.78 is 0. The van der Waals surface area contributed by atoms with Gasteiger partial charge in [0.1, 0.15) is 6.04 Å². The zero-order valence-electron chi connectivity index (χ0n) is 8.25. The Labute approximate surface area is 82.9 Å². The van der Waals surface area contributed by atoms with E-state index in [1.807, 2.05) is 0 Å². The Morgan fingerprint density at radius 2 is 2.43 bits per heavy atom. The highest BCUT2D eigenvalue weighted by atomic mass is 16.4. The highest BCUT2D eigenvalue weighted by Crippen LogP contribution is 2.06. The van der Waals surface area contributed by atoms with Gasteiger partial charge in [0.25, 0.3) is 0 Å². The minimum absolute atomic E-state index is 0.00223. The van der Waals surface area contributed by atoms with Gasteiger partial charge in [-0.25, -0.2) is 0 Å². The molecule has 5 heteroatoms. The number of nitrogens with one attached hydrogen (secondary N) is 2. The molecule has 1 aliphatic heterocycles. The van der Waals surface area contributed by atoms with E-state index in [2.05, 4.69) is 10.6 Å². The molecule has 0 radical (unpaired) electrons. The fourth-order valence-corrected chi connectivity index (χ4v) is 1.54. The summed E-state index contributed by atoms with van der Waals surface area (Å²) in [6.07, 6.45) is 2.11.